The van der Waals surface area contributed by atoms with Crippen molar-refractivity contribution in [1.29, 1.82) is 0 Å². The van der Waals surface area contributed by atoms with Gasteiger partial charge in [0.25, 0.3) is 0 Å². The molecule has 4 N–H and O–H groups in total. The summed E-state index contributed by atoms with van der Waals surface area (Å²) >= 11 is 0. The van der Waals surface area contributed by atoms with Crippen molar-refractivity contribution in [2.24, 2.45) is 11.7 Å². The van der Waals surface area contributed by atoms with Gasteiger partial charge < -0.3 is 16.2 Å². The van der Waals surface area contributed by atoms with E-state index in [1.807, 2.05) is 6.92 Å². The summed E-state index contributed by atoms with van der Waals surface area (Å²) in [4.78, 5) is 11.6. The molecule has 1 atom stereocenters. The molecule has 0 saturated heterocycles. The third-order valence-electron chi connectivity index (χ3n) is 2.93. The van der Waals surface area contributed by atoms with Crippen LogP contribution in [0.3, 0.4) is 0 Å². The van der Waals surface area contributed by atoms with E-state index in [9.17, 15) is 4.79 Å². The number of aliphatic hydroxyl groups is 1. The molecule has 14 heavy (non-hydrogen) atoms. The predicted molar refractivity (Wildman–Crippen MR) is 54.6 cm³/mol. The van der Waals surface area contributed by atoms with Crippen LogP contribution in [-0.4, -0.2) is 29.7 Å². The Hall–Kier alpha value is -0.610. The highest BCUT2D eigenvalue weighted by Crippen LogP contribution is 2.28. The van der Waals surface area contributed by atoms with Gasteiger partial charge in [-0.15, -0.1) is 0 Å². The first-order valence-electron chi connectivity index (χ1n) is 5.26. The maximum atomic E-state index is 11.6. The minimum atomic E-state index is -0.598. The van der Waals surface area contributed by atoms with Crippen molar-refractivity contribution in [2.45, 2.75) is 38.1 Å². The van der Waals surface area contributed by atoms with Gasteiger partial charge in [-0.25, -0.2) is 0 Å². The van der Waals surface area contributed by atoms with Gasteiger partial charge in [-0.05, 0) is 31.6 Å². The van der Waals surface area contributed by atoms with Gasteiger partial charge in [-0.1, -0.05) is 6.92 Å². The van der Waals surface area contributed by atoms with Crippen LogP contribution in [0.25, 0.3) is 0 Å². The third-order valence-corrected chi connectivity index (χ3v) is 2.93. The summed E-state index contributed by atoms with van der Waals surface area (Å²) in [6.07, 6.45) is 3.37. The third kappa shape index (κ3) is 2.69. The zero-order valence-corrected chi connectivity index (χ0v) is 8.75. The van der Waals surface area contributed by atoms with E-state index in [0.29, 0.717) is 12.5 Å². The first kappa shape index (κ1) is 11.5. The van der Waals surface area contributed by atoms with Gasteiger partial charge in [-0.2, -0.15) is 0 Å². The van der Waals surface area contributed by atoms with Crippen LogP contribution in [0.5, 0.6) is 0 Å². The number of hydrogen-bond acceptors (Lipinski definition) is 3. The van der Waals surface area contributed by atoms with E-state index >= 15 is 0 Å². The Morgan fingerprint density at radius 2 is 2.29 bits per heavy atom. The Balaban J connectivity index is 2.20. The Kier molecular flexibility index (Phi) is 3.89. The lowest BCUT2D eigenvalue weighted by molar-refractivity contribution is -0.129. The molecule has 1 unspecified atom stereocenters. The summed E-state index contributed by atoms with van der Waals surface area (Å²) in [7, 11) is 0. The number of nitrogens with one attached hydrogen (secondary N) is 1. The average molecular weight is 200 g/mol. The van der Waals surface area contributed by atoms with Crippen LogP contribution in [0.4, 0.5) is 0 Å². The smallest absolute Gasteiger partial charge is 0.240 e. The van der Waals surface area contributed by atoms with Crippen molar-refractivity contribution in [3.63, 3.8) is 0 Å². The van der Waals surface area contributed by atoms with Crippen LogP contribution in [0.15, 0.2) is 0 Å². The molecule has 0 bridgehead atoms. The van der Waals surface area contributed by atoms with E-state index in [4.69, 9.17) is 10.8 Å². The van der Waals surface area contributed by atoms with E-state index in [0.717, 1.165) is 25.7 Å². The standard InChI is InChI=1S/C10H20N2O2/c1-8(3-6-13)7-12-9(14)10(11)4-2-5-10/h8,13H,2-7,11H2,1H3,(H,12,14). The average Bonchev–Trinajstić information content (AvgIpc) is 2.11. The molecule has 1 amide bonds. The number of nitrogens with two attached hydrogens (primary N) is 1. The zero-order chi connectivity index (χ0) is 10.6. The van der Waals surface area contributed by atoms with Gasteiger partial charge >= 0.3 is 0 Å². The molecule has 0 aromatic heterocycles. The maximum absolute atomic E-state index is 11.6. The largest absolute Gasteiger partial charge is 0.396 e. The topological polar surface area (TPSA) is 75.3 Å². The van der Waals surface area contributed by atoms with E-state index in [1.54, 1.807) is 0 Å². The van der Waals surface area contributed by atoms with Crippen molar-refractivity contribution < 1.29 is 9.90 Å². The molecule has 1 aliphatic rings. The van der Waals surface area contributed by atoms with E-state index < -0.39 is 5.54 Å². The first-order chi connectivity index (χ1) is 6.58. The van der Waals surface area contributed by atoms with Crippen LogP contribution >= 0.6 is 0 Å². The summed E-state index contributed by atoms with van der Waals surface area (Å²) < 4.78 is 0. The summed E-state index contributed by atoms with van der Waals surface area (Å²) in [5, 5.41) is 11.5. The molecule has 82 valence electrons. The van der Waals surface area contributed by atoms with Crippen molar-refractivity contribution in [2.75, 3.05) is 13.2 Å². The maximum Gasteiger partial charge on any atom is 0.240 e. The molecule has 1 aliphatic carbocycles. The molecule has 1 saturated carbocycles. The molecule has 0 aliphatic heterocycles. The number of hydrogen-bond donors (Lipinski definition) is 3. The first-order valence-corrected chi connectivity index (χ1v) is 5.26. The van der Waals surface area contributed by atoms with Crippen molar-refractivity contribution >= 4 is 5.91 Å². The highest BCUT2D eigenvalue weighted by atomic mass is 16.3. The van der Waals surface area contributed by atoms with Crippen LogP contribution in [-0.2, 0) is 4.79 Å². The molecule has 1 fully saturated rings. The molecule has 1 rings (SSSR count). The predicted octanol–water partition coefficient (Wildman–Crippen LogP) is 0.00250. The fourth-order valence-electron chi connectivity index (χ4n) is 1.55. The fraction of sp³-hybridized carbons (Fsp3) is 0.900. The molecule has 0 spiro atoms. The second kappa shape index (κ2) is 4.75. The molecule has 4 nitrogen and oxygen atoms in total. The fourth-order valence-corrected chi connectivity index (χ4v) is 1.55. The lowest BCUT2D eigenvalue weighted by atomic mass is 9.77. The molecule has 4 heteroatoms. The second-order valence-electron chi connectivity index (χ2n) is 4.34. The lowest BCUT2D eigenvalue weighted by Crippen LogP contribution is -2.58. The minimum absolute atomic E-state index is 0.0338. The highest BCUT2D eigenvalue weighted by molar-refractivity contribution is 5.86. The van der Waals surface area contributed by atoms with Gasteiger partial charge in [0.1, 0.15) is 0 Å². The van der Waals surface area contributed by atoms with Crippen molar-refractivity contribution in [3.05, 3.63) is 0 Å². The van der Waals surface area contributed by atoms with E-state index in [-0.39, 0.29) is 12.5 Å². The van der Waals surface area contributed by atoms with Gasteiger partial charge in [0.2, 0.25) is 5.91 Å². The number of carbonyl (C=O) groups excluding carboxylic acids is 1. The molecule has 0 radical (unpaired) electrons. The Bertz CT molecular complexity index is 202. The summed E-state index contributed by atoms with van der Waals surface area (Å²) in [6.45, 7) is 2.78. The summed E-state index contributed by atoms with van der Waals surface area (Å²) in [5.41, 5.74) is 5.25. The van der Waals surface area contributed by atoms with Crippen LogP contribution < -0.4 is 11.1 Å². The van der Waals surface area contributed by atoms with E-state index in [2.05, 4.69) is 5.32 Å². The minimum Gasteiger partial charge on any atom is -0.396 e. The van der Waals surface area contributed by atoms with Gasteiger partial charge in [0.15, 0.2) is 0 Å². The second-order valence-corrected chi connectivity index (χ2v) is 4.34. The van der Waals surface area contributed by atoms with Gasteiger partial charge in [0, 0.05) is 13.2 Å². The Labute approximate surface area is 84.9 Å². The van der Waals surface area contributed by atoms with Gasteiger partial charge in [-0.3, -0.25) is 4.79 Å². The Morgan fingerprint density at radius 3 is 2.71 bits per heavy atom. The van der Waals surface area contributed by atoms with E-state index in [1.165, 1.54) is 0 Å². The molecular formula is C10H20N2O2. The quantitative estimate of drug-likeness (QED) is 0.585. The van der Waals surface area contributed by atoms with Crippen molar-refractivity contribution in [3.8, 4) is 0 Å². The lowest BCUT2D eigenvalue weighted by Gasteiger charge is -2.36. The zero-order valence-electron chi connectivity index (χ0n) is 8.75. The Morgan fingerprint density at radius 1 is 1.64 bits per heavy atom. The molecule has 0 aromatic carbocycles. The van der Waals surface area contributed by atoms with Crippen LogP contribution in [0.1, 0.15) is 32.6 Å². The van der Waals surface area contributed by atoms with Crippen molar-refractivity contribution in [1.82, 2.24) is 5.32 Å². The number of amides is 1. The molecule has 0 aromatic rings. The normalized spacial score (nSPS) is 21.1. The highest BCUT2D eigenvalue weighted by Gasteiger charge is 2.39. The van der Waals surface area contributed by atoms with Crippen LogP contribution in [0.2, 0.25) is 0 Å². The number of aliphatic hydroxyl groups excluding tert-OH is 1. The summed E-state index contributed by atoms with van der Waals surface area (Å²) in [6, 6.07) is 0. The monoisotopic (exact) mass is 200 g/mol. The SMILES string of the molecule is CC(CCO)CNC(=O)C1(N)CCC1. The van der Waals surface area contributed by atoms with Crippen LogP contribution in [0, 0.1) is 5.92 Å². The molecular weight excluding hydrogens is 180 g/mol. The summed E-state index contributed by atoms with van der Waals surface area (Å²) in [5.74, 6) is 0.279. The van der Waals surface area contributed by atoms with Gasteiger partial charge in [0.05, 0.1) is 5.54 Å². The molecule has 0 heterocycles. The number of rotatable bonds is 5. The number of carbonyl (C=O) groups is 1.